The second-order valence-electron chi connectivity index (χ2n) is 5.20. The fourth-order valence-corrected chi connectivity index (χ4v) is 3.17. The van der Waals surface area contributed by atoms with Gasteiger partial charge in [0.05, 0.1) is 6.04 Å². The molecular formula is C16H20N2S2. The van der Waals surface area contributed by atoms with Crippen molar-refractivity contribution in [3.63, 3.8) is 0 Å². The van der Waals surface area contributed by atoms with E-state index in [1.165, 1.54) is 10.4 Å². The molecule has 106 valence electrons. The summed E-state index contributed by atoms with van der Waals surface area (Å²) < 4.78 is 0. The summed E-state index contributed by atoms with van der Waals surface area (Å²) in [6.45, 7) is 6.48. The van der Waals surface area contributed by atoms with Gasteiger partial charge in [-0.05, 0) is 48.6 Å². The van der Waals surface area contributed by atoms with Gasteiger partial charge in [-0.25, -0.2) is 0 Å². The maximum atomic E-state index is 5.42. The predicted molar refractivity (Wildman–Crippen MR) is 92.4 cm³/mol. The largest absolute Gasteiger partial charge is 0.355 e. The minimum Gasteiger partial charge on any atom is -0.355 e. The zero-order chi connectivity index (χ0) is 14.5. The van der Waals surface area contributed by atoms with Crippen LogP contribution in [0.25, 0.3) is 0 Å². The highest BCUT2D eigenvalue weighted by Crippen LogP contribution is 2.25. The Balaban J connectivity index is 2.00. The van der Waals surface area contributed by atoms with Gasteiger partial charge in [0.2, 0.25) is 0 Å². The van der Waals surface area contributed by atoms with Crippen LogP contribution < -0.4 is 10.6 Å². The van der Waals surface area contributed by atoms with E-state index in [0.717, 1.165) is 5.69 Å². The van der Waals surface area contributed by atoms with E-state index in [9.17, 15) is 0 Å². The van der Waals surface area contributed by atoms with Gasteiger partial charge in [-0.2, -0.15) is 0 Å². The Morgan fingerprint density at radius 1 is 1.15 bits per heavy atom. The molecule has 0 radical (unpaired) electrons. The summed E-state index contributed by atoms with van der Waals surface area (Å²) >= 11 is 7.18. The monoisotopic (exact) mass is 304 g/mol. The number of anilines is 1. The van der Waals surface area contributed by atoms with E-state index in [-0.39, 0.29) is 6.04 Å². The van der Waals surface area contributed by atoms with Crippen molar-refractivity contribution in [1.29, 1.82) is 0 Å². The second kappa shape index (κ2) is 6.86. The van der Waals surface area contributed by atoms with Crippen LogP contribution >= 0.6 is 23.6 Å². The molecule has 1 aromatic heterocycles. The maximum Gasteiger partial charge on any atom is 0.171 e. The summed E-state index contributed by atoms with van der Waals surface area (Å²) in [5, 5.41) is 9.42. The van der Waals surface area contributed by atoms with Gasteiger partial charge in [-0.1, -0.05) is 37.6 Å². The third-order valence-corrected chi connectivity index (χ3v) is 4.29. The zero-order valence-corrected chi connectivity index (χ0v) is 13.6. The molecule has 0 aliphatic rings. The molecule has 1 atom stereocenters. The van der Waals surface area contributed by atoms with E-state index in [4.69, 9.17) is 12.2 Å². The number of nitrogens with one attached hydrogen (secondary N) is 2. The summed E-state index contributed by atoms with van der Waals surface area (Å²) in [5.74, 6) is 0.478. The summed E-state index contributed by atoms with van der Waals surface area (Å²) in [4.78, 5) is 1.31. The lowest BCUT2D eigenvalue weighted by molar-refractivity contribution is 0.480. The summed E-state index contributed by atoms with van der Waals surface area (Å²) in [7, 11) is 0. The molecule has 1 heterocycles. The highest BCUT2D eigenvalue weighted by molar-refractivity contribution is 7.80. The lowest BCUT2D eigenvalue weighted by Gasteiger charge is -2.23. The Bertz CT molecular complexity index is 544. The highest BCUT2D eigenvalue weighted by Gasteiger charge is 2.17. The molecule has 0 unspecified atom stereocenters. The number of rotatable bonds is 4. The minimum atomic E-state index is 0.250. The molecular weight excluding hydrogens is 284 g/mol. The van der Waals surface area contributed by atoms with E-state index in [2.05, 4.69) is 61.1 Å². The van der Waals surface area contributed by atoms with Crippen LogP contribution in [0.1, 0.15) is 30.3 Å². The average Bonchev–Trinajstić information content (AvgIpc) is 2.92. The van der Waals surface area contributed by atoms with Crippen LogP contribution in [0, 0.1) is 12.8 Å². The molecule has 2 aromatic rings. The first-order valence-corrected chi connectivity index (χ1v) is 8.02. The average molecular weight is 304 g/mol. The van der Waals surface area contributed by atoms with Crippen LogP contribution in [-0.4, -0.2) is 5.11 Å². The molecule has 0 aliphatic heterocycles. The van der Waals surface area contributed by atoms with Crippen molar-refractivity contribution in [3.8, 4) is 0 Å². The molecule has 0 aliphatic carbocycles. The normalized spacial score (nSPS) is 12.2. The summed E-state index contributed by atoms with van der Waals surface area (Å²) in [6.07, 6.45) is 0. The standard InChI is InChI=1S/C16H20N2S2/c1-11(2)15(14-5-4-10-20-14)18-16(19)17-13-8-6-12(3)7-9-13/h4-11,15H,1-3H3,(H2,17,18,19)/t15-/m0/s1. The quantitative estimate of drug-likeness (QED) is 0.798. The first kappa shape index (κ1) is 15.0. The first-order chi connectivity index (χ1) is 9.56. The van der Waals surface area contributed by atoms with Gasteiger partial charge in [0, 0.05) is 10.6 Å². The van der Waals surface area contributed by atoms with Crippen LogP contribution in [0.5, 0.6) is 0 Å². The second-order valence-corrected chi connectivity index (χ2v) is 6.59. The van der Waals surface area contributed by atoms with E-state index in [1.54, 1.807) is 11.3 Å². The molecule has 2 nitrogen and oxygen atoms in total. The lowest BCUT2D eigenvalue weighted by Crippen LogP contribution is -2.34. The number of thiophene rings is 1. The Kier molecular flexibility index (Phi) is 5.15. The summed E-state index contributed by atoms with van der Waals surface area (Å²) in [6, 6.07) is 12.7. The van der Waals surface area contributed by atoms with Gasteiger partial charge in [0.15, 0.2) is 5.11 Å². The molecule has 4 heteroatoms. The fraction of sp³-hybridized carbons (Fsp3) is 0.312. The molecule has 0 saturated carbocycles. The molecule has 20 heavy (non-hydrogen) atoms. The van der Waals surface area contributed by atoms with Crippen molar-refractivity contribution >= 4 is 34.4 Å². The Hall–Kier alpha value is -1.39. The number of hydrogen-bond acceptors (Lipinski definition) is 2. The summed E-state index contributed by atoms with van der Waals surface area (Å²) in [5.41, 5.74) is 2.26. The SMILES string of the molecule is Cc1ccc(NC(=S)N[C@H](c2cccs2)C(C)C)cc1. The van der Waals surface area contributed by atoms with Crippen LogP contribution in [0.3, 0.4) is 0 Å². The first-order valence-electron chi connectivity index (χ1n) is 6.74. The van der Waals surface area contributed by atoms with Gasteiger partial charge >= 0.3 is 0 Å². The van der Waals surface area contributed by atoms with Gasteiger partial charge in [-0.15, -0.1) is 11.3 Å². The van der Waals surface area contributed by atoms with Crippen molar-refractivity contribution in [2.75, 3.05) is 5.32 Å². The Labute approximate surface area is 130 Å². The molecule has 0 spiro atoms. The van der Waals surface area contributed by atoms with Crippen LogP contribution in [0.4, 0.5) is 5.69 Å². The van der Waals surface area contributed by atoms with Crippen molar-refractivity contribution in [2.24, 2.45) is 5.92 Å². The zero-order valence-electron chi connectivity index (χ0n) is 12.0. The molecule has 0 bridgehead atoms. The Morgan fingerprint density at radius 2 is 1.85 bits per heavy atom. The Morgan fingerprint density at radius 3 is 2.40 bits per heavy atom. The number of benzene rings is 1. The third-order valence-electron chi connectivity index (χ3n) is 3.11. The highest BCUT2D eigenvalue weighted by atomic mass is 32.1. The van der Waals surface area contributed by atoms with Crippen LogP contribution in [0.2, 0.25) is 0 Å². The molecule has 0 amide bonds. The van der Waals surface area contributed by atoms with E-state index >= 15 is 0 Å². The number of thiocarbonyl (C=S) groups is 1. The predicted octanol–water partition coefficient (Wildman–Crippen LogP) is 4.74. The van der Waals surface area contributed by atoms with Crippen molar-refractivity contribution in [1.82, 2.24) is 5.32 Å². The molecule has 2 rings (SSSR count). The van der Waals surface area contributed by atoms with E-state index < -0.39 is 0 Å². The lowest BCUT2D eigenvalue weighted by atomic mass is 10.0. The molecule has 2 N–H and O–H groups in total. The van der Waals surface area contributed by atoms with Crippen molar-refractivity contribution in [3.05, 3.63) is 52.2 Å². The molecule has 1 aromatic carbocycles. The maximum absolute atomic E-state index is 5.42. The van der Waals surface area contributed by atoms with E-state index in [0.29, 0.717) is 11.0 Å². The third kappa shape index (κ3) is 4.05. The van der Waals surface area contributed by atoms with Gasteiger partial charge in [-0.3, -0.25) is 0 Å². The van der Waals surface area contributed by atoms with Gasteiger partial charge < -0.3 is 10.6 Å². The molecule has 0 saturated heterocycles. The molecule has 0 fully saturated rings. The topological polar surface area (TPSA) is 24.1 Å². The minimum absolute atomic E-state index is 0.250. The van der Waals surface area contributed by atoms with Gasteiger partial charge in [0.25, 0.3) is 0 Å². The fourth-order valence-electron chi connectivity index (χ4n) is 1.98. The van der Waals surface area contributed by atoms with Crippen molar-refractivity contribution < 1.29 is 0 Å². The van der Waals surface area contributed by atoms with Gasteiger partial charge in [0.1, 0.15) is 0 Å². The number of aryl methyl sites for hydroxylation is 1. The van der Waals surface area contributed by atoms with Crippen LogP contribution in [0.15, 0.2) is 41.8 Å². The smallest absolute Gasteiger partial charge is 0.171 e. The van der Waals surface area contributed by atoms with Crippen LogP contribution in [-0.2, 0) is 0 Å². The van der Waals surface area contributed by atoms with Crippen molar-refractivity contribution in [2.45, 2.75) is 26.8 Å². The number of hydrogen-bond donors (Lipinski definition) is 2. The van der Waals surface area contributed by atoms with E-state index in [1.807, 2.05) is 12.1 Å².